The minimum Gasteiger partial charge on any atom is -0.465 e. The molecule has 30 heavy (non-hydrogen) atoms. The van der Waals surface area contributed by atoms with Gasteiger partial charge < -0.3 is 14.5 Å². The number of hydrogen-bond acceptors (Lipinski definition) is 5. The first kappa shape index (κ1) is 19.7. The lowest BCUT2D eigenvalue weighted by molar-refractivity contribution is 0.0465. The molecule has 0 radical (unpaired) electrons. The second-order valence-electron chi connectivity index (χ2n) is 7.49. The predicted molar refractivity (Wildman–Crippen MR) is 110 cm³/mol. The molecule has 0 spiro atoms. The van der Waals surface area contributed by atoms with Crippen molar-refractivity contribution in [2.75, 3.05) is 13.7 Å². The highest BCUT2D eigenvalue weighted by Gasteiger charge is 2.44. The van der Waals surface area contributed by atoms with Gasteiger partial charge in [-0.05, 0) is 50.1 Å². The Balaban J connectivity index is 1.64. The Labute approximate surface area is 173 Å². The number of rotatable bonds is 3. The van der Waals surface area contributed by atoms with E-state index in [1.807, 2.05) is 19.1 Å². The topological polar surface area (TPSA) is 88.7 Å². The molecule has 0 bridgehead atoms. The maximum absolute atomic E-state index is 12.8. The molecule has 1 aliphatic rings. The van der Waals surface area contributed by atoms with Crippen LogP contribution in [0.3, 0.4) is 0 Å². The highest BCUT2D eigenvalue weighted by molar-refractivity contribution is 6.04. The molecule has 2 aromatic carbocycles. The molecule has 1 saturated heterocycles. The van der Waals surface area contributed by atoms with E-state index in [2.05, 4.69) is 4.98 Å². The maximum atomic E-state index is 12.8. The number of amides is 1. The first-order valence-electron chi connectivity index (χ1n) is 9.73. The number of fused-ring (bicyclic) bond motifs is 1. The van der Waals surface area contributed by atoms with Crippen LogP contribution in [0.5, 0.6) is 0 Å². The van der Waals surface area contributed by atoms with Crippen LogP contribution in [0, 0.1) is 0 Å². The van der Waals surface area contributed by atoms with Gasteiger partial charge in [-0.25, -0.2) is 14.4 Å². The standard InChI is InChI=1S/C23H22N2O5/c1-23(19-14-17-16(21(27)29-2)10-6-11-18(17)24-19)12-7-13-25(23)22(28)30-20(26)15-8-4-3-5-9-15/h3-6,8-11,14,24H,7,12-13H2,1-2H3/t23-/m1/s1. The fourth-order valence-electron chi connectivity index (χ4n) is 4.04. The number of methoxy groups -OCH3 is 1. The van der Waals surface area contributed by atoms with Crippen molar-refractivity contribution >= 4 is 28.9 Å². The zero-order valence-corrected chi connectivity index (χ0v) is 16.8. The molecule has 1 fully saturated rings. The van der Waals surface area contributed by atoms with E-state index < -0.39 is 23.6 Å². The van der Waals surface area contributed by atoms with Crippen LogP contribution in [-0.4, -0.2) is 41.6 Å². The summed E-state index contributed by atoms with van der Waals surface area (Å²) in [5.41, 5.74) is 1.62. The lowest BCUT2D eigenvalue weighted by atomic mass is 9.94. The van der Waals surface area contributed by atoms with Crippen molar-refractivity contribution in [1.82, 2.24) is 9.88 Å². The van der Waals surface area contributed by atoms with Gasteiger partial charge in [0.1, 0.15) is 0 Å². The average Bonchev–Trinajstić information content (AvgIpc) is 3.38. The third-order valence-corrected chi connectivity index (χ3v) is 5.70. The first-order chi connectivity index (χ1) is 14.4. The molecule has 1 amide bonds. The number of H-pyrrole nitrogens is 1. The van der Waals surface area contributed by atoms with Gasteiger partial charge in [0.05, 0.1) is 23.8 Å². The molecule has 1 atom stereocenters. The number of carbonyl (C=O) groups excluding carboxylic acids is 3. The summed E-state index contributed by atoms with van der Waals surface area (Å²) in [4.78, 5) is 42.2. The number of likely N-dealkylation sites (tertiary alicyclic amines) is 1. The Morgan fingerprint density at radius 3 is 2.53 bits per heavy atom. The van der Waals surface area contributed by atoms with Gasteiger partial charge in [0.15, 0.2) is 0 Å². The fourth-order valence-corrected chi connectivity index (χ4v) is 4.04. The van der Waals surface area contributed by atoms with Gasteiger partial charge in [-0.2, -0.15) is 0 Å². The van der Waals surface area contributed by atoms with E-state index in [1.54, 1.807) is 47.4 Å². The van der Waals surface area contributed by atoms with Gasteiger partial charge >= 0.3 is 18.0 Å². The van der Waals surface area contributed by atoms with Crippen molar-refractivity contribution in [3.8, 4) is 0 Å². The number of aromatic nitrogens is 1. The summed E-state index contributed by atoms with van der Waals surface area (Å²) < 4.78 is 10.0. The lowest BCUT2D eigenvalue weighted by Gasteiger charge is -2.33. The molecule has 1 N–H and O–H groups in total. The number of nitrogens with zero attached hydrogens (tertiary/aromatic N) is 1. The molecule has 7 nitrogen and oxygen atoms in total. The van der Waals surface area contributed by atoms with Gasteiger partial charge in [-0.15, -0.1) is 0 Å². The van der Waals surface area contributed by atoms with Crippen molar-refractivity contribution < 1.29 is 23.9 Å². The van der Waals surface area contributed by atoms with E-state index in [9.17, 15) is 14.4 Å². The minimum atomic E-state index is -0.694. The maximum Gasteiger partial charge on any atom is 0.418 e. The Morgan fingerprint density at radius 2 is 1.80 bits per heavy atom. The summed E-state index contributed by atoms with van der Waals surface area (Å²) in [5.74, 6) is -1.10. The second kappa shape index (κ2) is 7.67. The molecule has 3 aromatic rings. The number of aromatic amines is 1. The number of hydrogen-bond donors (Lipinski definition) is 1. The fraction of sp³-hybridized carbons (Fsp3) is 0.261. The zero-order chi connectivity index (χ0) is 21.3. The largest absolute Gasteiger partial charge is 0.465 e. The molecule has 154 valence electrons. The van der Waals surface area contributed by atoms with Crippen LogP contribution in [0.1, 0.15) is 46.2 Å². The van der Waals surface area contributed by atoms with Gasteiger partial charge in [0.2, 0.25) is 0 Å². The minimum absolute atomic E-state index is 0.320. The van der Waals surface area contributed by atoms with Crippen LogP contribution in [0.4, 0.5) is 4.79 Å². The highest BCUT2D eigenvalue weighted by atomic mass is 16.6. The van der Waals surface area contributed by atoms with Crippen LogP contribution >= 0.6 is 0 Å². The van der Waals surface area contributed by atoms with Crippen LogP contribution in [0.15, 0.2) is 54.6 Å². The lowest BCUT2D eigenvalue weighted by Crippen LogP contribution is -2.44. The summed E-state index contributed by atoms with van der Waals surface area (Å²) in [7, 11) is 1.34. The van der Waals surface area contributed by atoms with E-state index in [-0.39, 0.29) is 0 Å². The Morgan fingerprint density at radius 1 is 1.03 bits per heavy atom. The third kappa shape index (κ3) is 3.32. The zero-order valence-electron chi connectivity index (χ0n) is 16.8. The number of esters is 2. The van der Waals surface area contributed by atoms with E-state index >= 15 is 0 Å². The van der Waals surface area contributed by atoms with E-state index in [0.29, 0.717) is 24.1 Å². The Hall–Kier alpha value is -3.61. The molecule has 0 unspecified atom stereocenters. The molecule has 0 saturated carbocycles. The summed E-state index contributed by atoms with van der Waals surface area (Å²) in [5, 5.41) is 0.723. The Kier molecular flexibility index (Phi) is 5.03. The molecule has 7 heteroatoms. The molecule has 4 rings (SSSR count). The van der Waals surface area contributed by atoms with Gasteiger partial charge in [-0.1, -0.05) is 24.3 Å². The van der Waals surface area contributed by atoms with Crippen LogP contribution in [0.25, 0.3) is 10.9 Å². The van der Waals surface area contributed by atoms with E-state index in [0.717, 1.165) is 23.0 Å². The SMILES string of the molecule is COC(=O)c1cccc2[nH]c([C@@]3(C)CCCN3C(=O)OC(=O)c3ccccc3)cc12. The average molecular weight is 406 g/mol. The molecule has 1 aliphatic heterocycles. The van der Waals surface area contributed by atoms with Crippen molar-refractivity contribution in [1.29, 1.82) is 0 Å². The normalized spacial score (nSPS) is 18.4. The van der Waals surface area contributed by atoms with Crippen LogP contribution in [-0.2, 0) is 15.0 Å². The smallest absolute Gasteiger partial charge is 0.418 e. The van der Waals surface area contributed by atoms with E-state index in [1.165, 1.54) is 7.11 Å². The predicted octanol–water partition coefficient (Wildman–Crippen LogP) is 4.24. The van der Waals surface area contributed by atoms with Crippen LogP contribution in [0.2, 0.25) is 0 Å². The molecule has 2 heterocycles. The third-order valence-electron chi connectivity index (χ3n) is 5.70. The number of nitrogens with one attached hydrogen (secondary N) is 1. The summed E-state index contributed by atoms with van der Waals surface area (Å²) in [6.07, 6.45) is 0.780. The van der Waals surface area contributed by atoms with Crippen molar-refractivity contribution in [3.63, 3.8) is 0 Å². The molecule has 1 aromatic heterocycles. The summed E-state index contributed by atoms with van der Waals surface area (Å²) in [6, 6.07) is 15.6. The van der Waals surface area contributed by atoms with Crippen LogP contribution < -0.4 is 0 Å². The van der Waals surface area contributed by atoms with Crippen molar-refractivity contribution in [3.05, 3.63) is 71.4 Å². The number of benzene rings is 2. The van der Waals surface area contributed by atoms with Gasteiger partial charge in [0.25, 0.3) is 0 Å². The molecular weight excluding hydrogens is 384 g/mol. The summed E-state index contributed by atoms with van der Waals surface area (Å²) in [6.45, 7) is 2.40. The van der Waals surface area contributed by atoms with Gasteiger partial charge in [0, 0.05) is 23.1 Å². The molecule has 0 aliphatic carbocycles. The quantitative estimate of drug-likeness (QED) is 0.519. The number of carbonyl (C=O) groups is 3. The molecular formula is C23H22N2O5. The second-order valence-corrected chi connectivity index (χ2v) is 7.49. The Bertz CT molecular complexity index is 1120. The van der Waals surface area contributed by atoms with Crippen molar-refractivity contribution in [2.24, 2.45) is 0 Å². The van der Waals surface area contributed by atoms with Gasteiger partial charge in [-0.3, -0.25) is 4.90 Å². The number of ether oxygens (including phenoxy) is 2. The van der Waals surface area contributed by atoms with Crippen molar-refractivity contribution in [2.45, 2.75) is 25.3 Å². The summed E-state index contributed by atoms with van der Waals surface area (Å²) >= 11 is 0. The first-order valence-corrected chi connectivity index (χ1v) is 9.73. The monoisotopic (exact) mass is 406 g/mol. The van der Waals surface area contributed by atoms with E-state index in [4.69, 9.17) is 9.47 Å². The highest BCUT2D eigenvalue weighted by Crippen LogP contribution is 2.40.